The largest absolute Gasteiger partial charge is 0.346 e. The summed E-state index contributed by atoms with van der Waals surface area (Å²) in [6.07, 6.45) is 4.88. The summed E-state index contributed by atoms with van der Waals surface area (Å²) in [7, 11) is 0. The van der Waals surface area contributed by atoms with Gasteiger partial charge in [-0.1, -0.05) is 42.6 Å². The van der Waals surface area contributed by atoms with Gasteiger partial charge in [0.05, 0.1) is 45.4 Å². The zero-order chi connectivity index (χ0) is 18.5. The number of hydrogen-bond acceptors (Lipinski definition) is 3. The monoisotopic (exact) mass is 388 g/mol. The van der Waals surface area contributed by atoms with Gasteiger partial charge in [-0.05, 0) is 36.8 Å². The second-order valence-corrected chi connectivity index (χ2v) is 6.58. The molecule has 0 aliphatic rings. The Hall–Kier alpha value is -2.37. The van der Waals surface area contributed by atoms with Gasteiger partial charge < -0.3 is 5.32 Å². The molecule has 0 saturated heterocycles. The minimum Gasteiger partial charge on any atom is -0.346 e. The molecule has 0 saturated carbocycles. The van der Waals surface area contributed by atoms with E-state index in [1.54, 1.807) is 29.2 Å². The molecule has 0 spiro atoms. The first-order valence-corrected chi connectivity index (χ1v) is 9.06. The van der Waals surface area contributed by atoms with Crippen LogP contribution in [0.3, 0.4) is 0 Å². The SMILES string of the molecule is CCCc1c(C(=O)NCc2ccccn2)cnn1-c1ccc(Cl)c(Cl)c1. The van der Waals surface area contributed by atoms with E-state index in [0.29, 0.717) is 28.6 Å². The molecule has 7 heteroatoms. The number of pyridine rings is 1. The fraction of sp³-hybridized carbons (Fsp3) is 0.211. The molecule has 134 valence electrons. The highest BCUT2D eigenvalue weighted by atomic mass is 35.5. The minimum absolute atomic E-state index is 0.176. The molecule has 26 heavy (non-hydrogen) atoms. The standard InChI is InChI=1S/C19H18Cl2N4O/c1-2-5-18-15(19(26)23-11-13-6-3-4-9-22-13)12-24-25(18)14-7-8-16(20)17(21)10-14/h3-4,6-10,12H,2,5,11H2,1H3,(H,23,26). The molecule has 0 fully saturated rings. The zero-order valence-corrected chi connectivity index (χ0v) is 15.8. The lowest BCUT2D eigenvalue weighted by Crippen LogP contribution is -2.24. The number of hydrogen-bond donors (Lipinski definition) is 1. The number of carbonyl (C=O) groups is 1. The molecule has 5 nitrogen and oxygen atoms in total. The third-order valence-corrected chi connectivity index (χ3v) is 4.64. The molecule has 0 radical (unpaired) electrons. The molecule has 2 aromatic heterocycles. The first-order valence-electron chi connectivity index (χ1n) is 8.30. The normalized spacial score (nSPS) is 10.7. The Kier molecular flexibility index (Phi) is 5.91. The third kappa shape index (κ3) is 4.06. The van der Waals surface area contributed by atoms with Gasteiger partial charge in [0, 0.05) is 6.20 Å². The second-order valence-electron chi connectivity index (χ2n) is 5.77. The number of aromatic nitrogens is 3. The van der Waals surface area contributed by atoms with E-state index in [0.717, 1.165) is 23.5 Å². The van der Waals surface area contributed by atoms with Gasteiger partial charge in [0.15, 0.2) is 0 Å². The minimum atomic E-state index is -0.176. The molecule has 0 aliphatic carbocycles. The van der Waals surface area contributed by atoms with Crippen molar-refractivity contribution in [1.82, 2.24) is 20.1 Å². The van der Waals surface area contributed by atoms with Crippen molar-refractivity contribution in [2.24, 2.45) is 0 Å². The van der Waals surface area contributed by atoms with Crippen molar-refractivity contribution < 1.29 is 4.79 Å². The fourth-order valence-electron chi connectivity index (χ4n) is 2.65. The zero-order valence-electron chi connectivity index (χ0n) is 14.2. The Labute approximate surface area is 162 Å². The van der Waals surface area contributed by atoms with Crippen LogP contribution in [0.2, 0.25) is 10.0 Å². The summed E-state index contributed by atoms with van der Waals surface area (Å²) in [5.74, 6) is -0.176. The lowest BCUT2D eigenvalue weighted by atomic mass is 10.1. The van der Waals surface area contributed by atoms with E-state index in [-0.39, 0.29) is 5.91 Å². The van der Waals surface area contributed by atoms with Crippen LogP contribution in [-0.4, -0.2) is 20.7 Å². The molecule has 0 atom stereocenters. The summed E-state index contributed by atoms with van der Waals surface area (Å²) >= 11 is 12.1. The van der Waals surface area contributed by atoms with Crippen LogP contribution in [0.25, 0.3) is 5.69 Å². The predicted octanol–water partition coefficient (Wildman–Crippen LogP) is 4.46. The van der Waals surface area contributed by atoms with Crippen molar-refractivity contribution in [3.8, 4) is 5.69 Å². The summed E-state index contributed by atoms with van der Waals surface area (Å²) in [5, 5.41) is 8.21. The van der Waals surface area contributed by atoms with Gasteiger partial charge in [-0.25, -0.2) is 4.68 Å². The van der Waals surface area contributed by atoms with Gasteiger partial charge >= 0.3 is 0 Å². The Bertz CT molecular complexity index is 909. The summed E-state index contributed by atoms with van der Waals surface area (Å²) in [6.45, 7) is 2.42. The van der Waals surface area contributed by atoms with Crippen LogP contribution in [0.4, 0.5) is 0 Å². The number of carbonyl (C=O) groups excluding carboxylic acids is 1. The van der Waals surface area contributed by atoms with Crippen LogP contribution in [0.15, 0.2) is 48.8 Å². The van der Waals surface area contributed by atoms with Crippen molar-refractivity contribution in [3.63, 3.8) is 0 Å². The number of rotatable bonds is 6. The van der Waals surface area contributed by atoms with E-state index in [2.05, 4.69) is 22.3 Å². The highest BCUT2D eigenvalue weighted by Crippen LogP contribution is 2.26. The molecule has 0 bridgehead atoms. The van der Waals surface area contributed by atoms with Gasteiger partial charge in [0.25, 0.3) is 5.91 Å². The molecule has 2 heterocycles. The van der Waals surface area contributed by atoms with Crippen LogP contribution in [0.1, 0.15) is 35.1 Å². The quantitative estimate of drug-likeness (QED) is 0.677. The molecule has 0 aliphatic heterocycles. The van der Waals surface area contributed by atoms with Gasteiger partial charge in [0.2, 0.25) is 0 Å². The summed E-state index contributed by atoms with van der Waals surface area (Å²) in [6, 6.07) is 10.9. The van der Waals surface area contributed by atoms with Crippen LogP contribution in [0, 0.1) is 0 Å². The maximum Gasteiger partial charge on any atom is 0.255 e. The molecule has 3 rings (SSSR count). The van der Waals surface area contributed by atoms with E-state index in [1.807, 2.05) is 24.3 Å². The Morgan fingerprint density at radius 2 is 2.04 bits per heavy atom. The smallest absolute Gasteiger partial charge is 0.255 e. The summed E-state index contributed by atoms with van der Waals surface area (Å²) in [5.41, 5.74) is 2.96. The van der Waals surface area contributed by atoms with E-state index in [4.69, 9.17) is 23.2 Å². The van der Waals surface area contributed by atoms with Gasteiger partial charge in [-0.2, -0.15) is 5.10 Å². The average Bonchev–Trinajstić information content (AvgIpc) is 3.07. The van der Waals surface area contributed by atoms with E-state index in [9.17, 15) is 4.79 Å². The molecule has 1 N–H and O–H groups in total. The van der Waals surface area contributed by atoms with Crippen molar-refractivity contribution in [1.29, 1.82) is 0 Å². The second kappa shape index (κ2) is 8.34. The van der Waals surface area contributed by atoms with Crippen molar-refractivity contribution >= 4 is 29.1 Å². The number of amides is 1. The number of nitrogens with zero attached hydrogens (tertiary/aromatic N) is 3. The van der Waals surface area contributed by atoms with Crippen LogP contribution < -0.4 is 5.32 Å². The van der Waals surface area contributed by atoms with Crippen LogP contribution in [-0.2, 0) is 13.0 Å². The Balaban J connectivity index is 1.86. The van der Waals surface area contributed by atoms with Crippen LogP contribution >= 0.6 is 23.2 Å². The average molecular weight is 389 g/mol. The Morgan fingerprint density at radius 3 is 2.73 bits per heavy atom. The van der Waals surface area contributed by atoms with E-state index < -0.39 is 0 Å². The summed E-state index contributed by atoms with van der Waals surface area (Å²) in [4.78, 5) is 16.9. The molecule has 1 aromatic carbocycles. The van der Waals surface area contributed by atoms with Crippen LogP contribution in [0.5, 0.6) is 0 Å². The van der Waals surface area contributed by atoms with Gasteiger partial charge in [-0.15, -0.1) is 0 Å². The molecular formula is C19H18Cl2N4O. The molecule has 3 aromatic rings. The number of nitrogens with one attached hydrogen (secondary N) is 1. The fourth-order valence-corrected chi connectivity index (χ4v) is 2.94. The molecular weight excluding hydrogens is 371 g/mol. The van der Waals surface area contributed by atoms with Gasteiger partial charge in [-0.3, -0.25) is 9.78 Å². The number of halogens is 2. The molecule has 0 unspecified atom stereocenters. The Morgan fingerprint density at radius 1 is 1.19 bits per heavy atom. The third-order valence-electron chi connectivity index (χ3n) is 3.90. The maximum atomic E-state index is 12.6. The van der Waals surface area contributed by atoms with E-state index in [1.165, 1.54) is 0 Å². The highest BCUT2D eigenvalue weighted by molar-refractivity contribution is 6.42. The lowest BCUT2D eigenvalue weighted by molar-refractivity contribution is 0.0949. The van der Waals surface area contributed by atoms with Crippen molar-refractivity contribution in [2.75, 3.05) is 0 Å². The van der Waals surface area contributed by atoms with Crippen molar-refractivity contribution in [3.05, 3.63) is 75.8 Å². The summed E-state index contributed by atoms with van der Waals surface area (Å²) < 4.78 is 1.74. The lowest BCUT2D eigenvalue weighted by Gasteiger charge is -2.10. The first-order chi connectivity index (χ1) is 12.6. The highest BCUT2D eigenvalue weighted by Gasteiger charge is 2.18. The van der Waals surface area contributed by atoms with Gasteiger partial charge in [0.1, 0.15) is 0 Å². The van der Waals surface area contributed by atoms with E-state index >= 15 is 0 Å². The predicted molar refractivity (Wildman–Crippen MR) is 103 cm³/mol. The maximum absolute atomic E-state index is 12.6. The topological polar surface area (TPSA) is 59.8 Å². The number of benzene rings is 1. The molecule has 1 amide bonds. The van der Waals surface area contributed by atoms with Crippen molar-refractivity contribution in [2.45, 2.75) is 26.3 Å². The first kappa shape index (κ1) is 18.4.